The van der Waals surface area contributed by atoms with E-state index in [1.807, 2.05) is 12.1 Å². The Morgan fingerprint density at radius 3 is 2.37 bits per heavy atom. The number of nitrogens with one attached hydrogen (secondary N) is 2. The van der Waals surface area contributed by atoms with E-state index in [4.69, 9.17) is 16.7 Å². The van der Waals surface area contributed by atoms with Crippen molar-refractivity contribution >= 4 is 23.6 Å². The molecule has 0 saturated heterocycles. The predicted molar refractivity (Wildman–Crippen MR) is 71.0 cm³/mol. The Balaban J connectivity index is 1.73. The van der Waals surface area contributed by atoms with Gasteiger partial charge in [-0.05, 0) is 30.5 Å². The minimum Gasteiger partial charge on any atom is -0.481 e. The van der Waals surface area contributed by atoms with Crippen molar-refractivity contribution in [1.29, 1.82) is 0 Å². The number of carbonyl (C=O) groups is 2. The lowest BCUT2D eigenvalue weighted by Crippen LogP contribution is -2.40. The molecule has 2 rings (SSSR count). The molecule has 0 aliphatic heterocycles. The summed E-state index contributed by atoms with van der Waals surface area (Å²) in [4.78, 5) is 22.5. The zero-order valence-corrected chi connectivity index (χ0v) is 11.0. The summed E-state index contributed by atoms with van der Waals surface area (Å²) < 4.78 is 0. The van der Waals surface area contributed by atoms with Gasteiger partial charge in [0.1, 0.15) is 0 Å². The van der Waals surface area contributed by atoms with Crippen LogP contribution in [0.4, 0.5) is 4.79 Å². The molecular formula is C13H15ClN2O3. The maximum atomic E-state index is 11.5. The van der Waals surface area contributed by atoms with E-state index in [1.54, 1.807) is 12.1 Å². The van der Waals surface area contributed by atoms with E-state index in [2.05, 4.69) is 10.6 Å². The lowest BCUT2D eigenvalue weighted by atomic mass is 10.1. The summed E-state index contributed by atoms with van der Waals surface area (Å²) in [6.07, 6.45) is 1.25. The number of urea groups is 1. The van der Waals surface area contributed by atoms with Gasteiger partial charge in [0.15, 0.2) is 0 Å². The van der Waals surface area contributed by atoms with Crippen LogP contribution in [-0.4, -0.2) is 23.7 Å². The van der Waals surface area contributed by atoms with Crippen LogP contribution in [0.15, 0.2) is 24.3 Å². The molecule has 2 amide bonds. The second-order valence-electron chi connectivity index (χ2n) is 4.75. The Kier molecular flexibility index (Phi) is 3.95. The van der Waals surface area contributed by atoms with E-state index in [9.17, 15) is 9.59 Å². The Morgan fingerprint density at radius 1 is 1.21 bits per heavy atom. The molecule has 0 aromatic heterocycles. The number of hydrogen-bond acceptors (Lipinski definition) is 2. The van der Waals surface area contributed by atoms with Gasteiger partial charge >= 0.3 is 12.0 Å². The molecule has 0 radical (unpaired) electrons. The summed E-state index contributed by atoms with van der Waals surface area (Å²) >= 11 is 5.76. The molecule has 0 bridgehead atoms. The molecular weight excluding hydrogens is 268 g/mol. The Bertz CT molecular complexity index is 483. The quantitative estimate of drug-likeness (QED) is 0.773. The SMILES string of the molecule is O=C(NCc1ccc(Cl)cc1)NCC1(C(=O)O)CC1. The number of halogens is 1. The molecule has 5 nitrogen and oxygen atoms in total. The standard InChI is InChI=1S/C13H15ClN2O3/c14-10-3-1-9(2-4-10)7-15-12(19)16-8-13(5-6-13)11(17)18/h1-4H,5-8H2,(H,17,18)(H2,15,16,19). The summed E-state index contributed by atoms with van der Waals surface area (Å²) in [5.74, 6) is -0.842. The summed E-state index contributed by atoms with van der Waals surface area (Å²) in [6, 6.07) is 6.78. The largest absolute Gasteiger partial charge is 0.481 e. The highest BCUT2D eigenvalue weighted by molar-refractivity contribution is 6.30. The van der Waals surface area contributed by atoms with Crippen LogP contribution in [-0.2, 0) is 11.3 Å². The Labute approximate surface area is 116 Å². The van der Waals surface area contributed by atoms with Gasteiger partial charge in [-0.3, -0.25) is 4.79 Å². The van der Waals surface area contributed by atoms with Crippen LogP contribution in [0.2, 0.25) is 5.02 Å². The van der Waals surface area contributed by atoms with Gasteiger partial charge in [-0.1, -0.05) is 23.7 Å². The van der Waals surface area contributed by atoms with E-state index >= 15 is 0 Å². The molecule has 6 heteroatoms. The smallest absolute Gasteiger partial charge is 0.315 e. The van der Waals surface area contributed by atoms with Crippen LogP contribution in [0.25, 0.3) is 0 Å². The van der Waals surface area contributed by atoms with E-state index in [1.165, 1.54) is 0 Å². The zero-order chi connectivity index (χ0) is 13.9. The number of carbonyl (C=O) groups excluding carboxylic acids is 1. The van der Waals surface area contributed by atoms with Crippen molar-refractivity contribution in [2.24, 2.45) is 5.41 Å². The van der Waals surface area contributed by atoms with Crippen LogP contribution < -0.4 is 10.6 Å². The molecule has 1 fully saturated rings. The molecule has 1 saturated carbocycles. The minimum absolute atomic E-state index is 0.175. The number of aliphatic carboxylic acids is 1. The first-order chi connectivity index (χ1) is 9.02. The number of carboxylic acids is 1. The van der Waals surface area contributed by atoms with Gasteiger partial charge < -0.3 is 15.7 Å². The van der Waals surface area contributed by atoms with Crippen molar-refractivity contribution in [3.8, 4) is 0 Å². The first kappa shape index (κ1) is 13.7. The molecule has 1 aliphatic rings. The van der Waals surface area contributed by atoms with Crippen LogP contribution >= 0.6 is 11.6 Å². The van der Waals surface area contributed by atoms with E-state index < -0.39 is 11.4 Å². The summed E-state index contributed by atoms with van der Waals surface area (Å²) in [7, 11) is 0. The molecule has 19 heavy (non-hydrogen) atoms. The van der Waals surface area contributed by atoms with Crippen molar-refractivity contribution in [3.05, 3.63) is 34.9 Å². The maximum absolute atomic E-state index is 11.5. The van der Waals surface area contributed by atoms with Crippen molar-refractivity contribution in [1.82, 2.24) is 10.6 Å². The maximum Gasteiger partial charge on any atom is 0.315 e. The van der Waals surface area contributed by atoms with Gasteiger partial charge in [0.05, 0.1) is 5.41 Å². The predicted octanol–water partition coefficient (Wildman–Crippen LogP) is 2.00. The van der Waals surface area contributed by atoms with Crippen molar-refractivity contribution < 1.29 is 14.7 Å². The monoisotopic (exact) mass is 282 g/mol. The topological polar surface area (TPSA) is 78.4 Å². The first-order valence-corrected chi connectivity index (χ1v) is 6.39. The third-order valence-corrected chi connectivity index (χ3v) is 3.51. The normalized spacial score (nSPS) is 15.6. The Morgan fingerprint density at radius 2 is 1.84 bits per heavy atom. The first-order valence-electron chi connectivity index (χ1n) is 6.01. The summed E-state index contributed by atoms with van der Waals surface area (Å²) in [5, 5.41) is 14.9. The van der Waals surface area contributed by atoms with Crippen molar-refractivity contribution in [2.45, 2.75) is 19.4 Å². The van der Waals surface area contributed by atoms with E-state index in [-0.39, 0.29) is 12.6 Å². The fourth-order valence-corrected chi connectivity index (χ4v) is 1.84. The second kappa shape index (κ2) is 5.48. The second-order valence-corrected chi connectivity index (χ2v) is 5.18. The third-order valence-electron chi connectivity index (χ3n) is 3.26. The molecule has 0 heterocycles. The van der Waals surface area contributed by atoms with Crippen LogP contribution in [0, 0.1) is 5.41 Å². The van der Waals surface area contributed by atoms with Gasteiger partial charge in [0.2, 0.25) is 0 Å². The number of carboxylic acid groups (broad SMARTS) is 1. The Hall–Kier alpha value is -1.75. The third kappa shape index (κ3) is 3.61. The number of rotatable bonds is 5. The molecule has 3 N–H and O–H groups in total. The molecule has 0 atom stereocenters. The number of amides is 2. The van der Waals surface area contributed by atoms with Crippen LogP contribution in [0.5, 0.6) is 0 Å². The molecule has 102 valence electrons. The average Bonchev–Trinajstić information content (AvgIpc) is 3.17. The highest BCUT2D eigenvalue weighted by atomic mass is 35.5. The van der Waals surface area contributed by atoms with Gasteiger partial charge in [-0.15, -0.1) is 0 Å². The molecule has 1 aromatic rings. The highest BCUT2D eigenvalue weighted by Gasteiger charge is 2.50. The molecule has 0 unspecified atom stereocenters. The van der Waals surface area contributed by atoms with Gasteiger partial charge in [-0.2, -0.15) is 0 Å². The van der Waals surface area contributed by atoms with Crippen LogP contribution in [0.1, 0.15) is 18.4 Å². The fourth-order valence-electron chi connectivity index (χ4n) is 1.71. The van der Waals surface area contributed by atoms with Crippen molar-refractivity contribution in [2.75, 3.05) is 6.54 Å². The zero-order valence-electron chi connectivity index (χ0n) is 10.3. The lowest BCUT2D eigenvalue weighted by molar-refractivity contribution is -0.143. The van der Waals surface area contributed by atoms with Crippen LogP contribution in [0.3, 0.4) is 0 Å². The molecule has 1 aliphatic carbocycles. The highest BCUT2D eigenvalue weighted by Crippen LogP contribution is 2.45. The van der Waals surface area contributed by atoms with Gasteiger partial charge in [0, 0.05) is 18.1 Å². The molecule has 1 aromatic carbocycles. The van der Waals surface area contributed by atoms with Gasteiger partial charge in [-0.25, -0.2) is 4.79 Å². The average molecular weight is 283 g/mol. The number of hydrogen-bond donors (Lipinski definition) is 3. The van der Waals surface area contributed by atoms with E-state index in [0.29, 0.717) is 24.4 Å². The summed E-state index contributed by atoms with van der Waals surface area (Å²) in [6.45, 7) is 0.553. The van der Waals surface area contributed by atoms with Gasteiger partial charge in [0.25, 0.3) is 0 Å². The lowest BCUT2D eigenvalue weighted by Gasteiger charge is -2.12. The van der Waals surface area contributed by atoms with Crippen molar-refractivity contribution in [3.63, 3.8) is 0 Å². The molecule has 0 spiro atoms. The van der Waals surface area contributed by atoms with E-state index in [0.717, 1.165) is 5.56 Å². The fraction of sp³-hybridized carbons (Fsp3) is 0.385. The minimum atomic E-state index is -0.842. The summed E-state index contributed by atoms with van der Waals surface area (Å²) in [5.41, 5.74) is 0.191. The number of benzene rings is 1.